The van der Waals surface area contributed by atoms with Crippen molar-refractivity contribution in [2.24, 2.45) is 0 Å². The molecule has 2 rings (SSSR count). The molecule has 0 fully saturated rings. The Hall–Kier alpha value is -1.68. The maximum atomic E-state index is 4.10. The quantitative estimate of drug-likeness (QED) is 0.877. The first-order valence-electron chi connectivity index (χ1n) is 6.33. The highest BCUT2D eigenvalue weighted by Crippen LogP contribution is 2.08. The van der Waals surface area contributed by atoms with Gasteiger partial charge in [-0.25, -0.2) is 0 Å². The third-order valence-corrected chi connectivity index (χ3v) is 2.93. The standard InChI is InChI=1S/C14H20N4/c1-4-18-10-16-17-14(18)9-15-8-13-6-11(2)5-12(3)7-13/h5-7,10,15H,4,8-9H2,1-3H3. The summed E-state index contributed by atoms with van der Waals surface area (Å²) in [7, 11) is 0. The Labute approximate surface area is 108 Å². The normalized spacial score (nSPS) is 10.8. The maximum absolute atomic E-state index is 4.10. The Kier molecular flexibility index (Phi) is 4.10. The summed E-state index contributed by atoms with van der Waals surface area (Å²) in [6.07, 6.45) is 1.77. The lowest BCUT2D eigenvalue weighted by Gasteiger charge is -2.07. The van der Waals surface area contributed by atoms with Gasteiger partial charge >= 0.3 is 0 Å². The first-order valence-corrected chi connectivity index (χ1v) is 6.33. The van der Waals surface area contributed by atoms with Crippen molar-refractivity contribution in [3.8, 4) is 0 Å². The lowest BCUT2D eigenvalue weighted by molar-refractivity contribution is 0.612. The number of benzene rings is 1. The van der Waals surface area contributed by atoms with Crippen LogP contribution in [-0.2, 0) is 19.6 Å². The molecule has 1 aromatic carbocycles. The Morgan fingerprint density at radius 2 is 1.83 bits per heavy atom. The van der Waals surface area contributed by atoms with Crippen LogP contribution in [0.25, 0.3) is 0 Å². The van der Waals surface area contributed by atoms with Gasteiger partial charge in [-0.1, -0.05) is 29.3 Å². The highest BCUT2D eigenvalue weighted by molar-refractivity contribution is 5.28. The zero-order valence-corrected chi connectivity index (χ0v) is 11.3. The molecule has 0 saturated heterocycles. The van der Waals surface area contributed by atoms with E-state index in [0.717, 1.165) is 25.5 Å². The second kappa shape index (κ2) is 5.78. The topological polar surface area (TPSA) is 42.7 Å². The molecule has 0 atom stereocenters. The molecule has 0 amide bonds. The minimum Gasteiger partial charge on any atom is -0.317 e. The van der Waals surface area contributed by atoms with Crippen LogP contribution in [0.5, 0.6) is 0 Å². The van der Waals surface area contributed by atoms with Gasteiger partial charge in [0.25, 0.3) is 0 Å². The summed E-state index contributed by atoms with van der Waals surface area (Å²) in [6, 6.07) is 6.62. The molecule has 18 heavy (non-hydrogen) atoms. The summed E-state index contributed by atoms with van der Waals surface area (Å²) in [6.45, 7) is 8.87. The second-order valence-corrected chi connectivity index (χ2v) is 4.63. The van der Waals surface area contributed by atoms with Crippen LogP contribution in [0.4, 0.5) is 0 Å². The average molecular weight is 244 g/mol. The highest BCUT2D eigenvalue weighted by atomic mass is 15.3. The smallest absolute Gasteiger partial charge is 0.146 e. The summed E-state index contributed by atoms with van der Waals surface area (Å²) in [5.74, 6) is 0.988. The molecule has 0 saturated carbocycles. The summed E-state index contributed by atoms with van der Waals surface area (Å²) >= 11 is 0. The van der Waals surface area contributed by atoms with Crippen LogP contribution in [0.1, 0.15) is 29.4 Å². The number of hydrogen-bond acceptors (Lipinski definition) is 3. The van der Waals surface area contributed by atoms with Crippen LogP contribution >= 0.6 is 0 Å². The van der Waals surface area contributed by atoms with Gasteiger partial charge in [-0.2, -0.15) is 0 Å². The van der Waals surface area contributed by atoms with Crippen molar-refractivity contribution in [3.05, 3.63) is 47.0 Å². The Morgan fingerprint density at radius 3 is 2.50 bits per heavy atom. The van der Waals surface area contributed by atoms with Crippen LogP contribution in [0, 0.1) is 13.8 Å². The van der Waals surface area contributed by atoms with Crippen LogP contribution < -0.4 is 5.32 Å². The third-order valence-electron chi connectivity index (χ3n) is 2.93. The van der Waals surface area contributed by atoms with E-state index in [-0.39, 0.29) is 0 Å². The zero-order valence-electron chi connectivity index (χ0n) is 11.3. The number of aryl methyl sites for hydroxylation is 3. The Balaban J connectivity index is 1.92. The van der Waals surface area contributed by atoms with Crippen LogP contribution in [-0.4, -0.2) is 14.8 Å². The first-order chi connectivity index (χ1) is 8.69. The first kappa shape index (κ1) is 12.8. The van der Waals surface area contributed by atoms with E-state index in [4.69, 9.17) is 0 Å². The fourth-order valence-electron chi connectivity index (χ4n) is 2.17. The van der Waals surface area contributed by atoms with Crippen molar-refractivity contribution in [3.63, 3.8) is 0 Å². The van der Waals surface area contributed by atoms with E-state index in [2.05, 4.69) is 59.1 Å². The Morgan fingerprint density at radius 1 is 1.11 bits per heavy atom. The van der Waals surface area contributed by atoms with E-state index in [9.17, 15) is 0 Å². The largest absolute Gasteiger partial charge is 0.317 e. The van der Waals surface area contributed by atoms with Crippen LogP contribution in [0.3, 0.4) is 0 Å². The maximum Gasteiger partial charge on any atom is 0.146 e. The van der Waals surface area contributed by atoms with Gasteiger partial charge < -0.3 is 9.88 Å². The minimum atomic E-state index is 0.751. The fourth-order valence-corrected chi connectivity index (χ4v) is 2.17. The van der Waals surface area contributed by atoms with Gasteiger partial charge in [0, 0.05) is 13.1 Å². The van der Waals surface area contributed by atoms with Gasteiger partial charge in [0.05, 0.1) is 6.54 Å². The second-order valence-electron chi connectivity index (χ2n) is 4.63. The molecule has 0 unspecified atom stereocenters. The Bertz CT molecular complexity index is 496. The van der Waals surface area contributed by atoms with E-state index in [0.29, 0.717) is 0 Å². The molecule has 1 N–H and O–H groups in total. The summed E-state index contributed by atoms with van der Waals surface area (Å²) < 4.78 is 2.05. The lowest BCUT2D eigenvalue weighted by Crippen LogP contribution is -2.16. The van der Waals surface area contributed by atoms with Gasteiger partial charge in [0.1, 0.15) is 12.2 Å². The summed E-state index contributed by atoms with van der Waals surface area (Å²) in [5.41, 5.74) is 3.93. The molecule has 4 heteroatoms. The van der Waals surface area contributed by atoms with E-state index >= 15 is 0 Å². The predicted octanol–water partition coefficient (Wildman–Crippen LogP) is 2.20. The molecule has 0 aliphatic heterocycles. The minimum absolute atomic E-state index is 0.751. The SMILES string of the molecule is CCn1cnnc1CNCc1cc(C)cc(C)c1. The third kappa shape index (κ3) is 3.17. The van der Waals surface area contributed by atoms with Gasteiger partial charge in [-0.3, -0.25) is 0 Å². The van der Waals surface area contributed by atoms with E-state index < -0.39 is 0 Å². The molecule has 96 valence electrons. The number of nitrogens with one attached hydrogen (secondary N) is 1. The predicted molar refractivity (Wildman–Crippen MR) is 72.2 cm³/mol. The van der Waals surface area contributed by atoms with Crippen LogP contribution in [0.15, 0.2) is 24.5 Å². The molecule has 0 bridgehead atoms. The van der Waals surface area contributed by atoms with Crippen molar-refractivity contribution in [2.45, 2.75) is 40.4 Å². The van der Waals surface area contributed by atoms with E-state index in [1.54, 1.807) is 6.33 Å². The van der Waals surface area contributed by atoms with Gasteiger partial charge in [-0.05, 0) is 26.3 Å². The molecular weight excluding hydrogens is 224 g/mol. The zero-order chi connectivity index (χ0) is 13.0. The van der Waals surface area contributed by atoms with Crippen LogP contribution in [0.2, 0.25) is 0 Å². The molecule has 0 radical (unpaired) electrons. The lowest BCUT2D eigenvalue weighted by atomic mass is 10.1. The van der Waals surface area contributed by atoms with Crippen molar-refractivity contribution in [1.82, 2.24) is 20.1 Å². The van der Waals surface area contributed by atoms with E-state index in [1.165, 1.54) is 16.7 Å². The fraction of sp³-hybridized carbons (Fsp3) is 0.429. The molecule has 2 aromatic rings. The average Bonchev–Trinajstić information content (AvgIpc) is 2.75. The summed E-state index contributed by atoms with van der Waals surface area (Å²) in [4.78, 5) is 0. The molecule has 0 spiro atoms. The highest BCUT2D eigenvalue weighted by Gasteiger charge is 2.02. The molecule has 1 heterocycles. The van der Waals surface area contributed by atoms with Crippen molar-refractivity contribution >= 4 is 0 Å². The molecule has 4 nitrogen and oxygen atoms in total. The molecule has 0 aliphatic rings. The number of hydrogen-bond donors (Lipinski definition) is 1. The number of rotatable bonds is 5. The van der Waals surface area contributed by atoms with Gasteiger partial charge in [0.2, 0.25) is 0 Å². The van der Waals surface area contributed by atoms with Crippen molar-refractivity contribution in [2.75, 3.05) is 0 Å². The number of nitrogens with zero attached hydrogens (tertiary/aromatic N) is 3. The number of aromatic nitrogens is 3. The van der Waals surface area contributed by atoms with Crippen molar-refractivity contribution in [1.29, 1.82) is 0 Å². The molecular formula is C14H20N4. The van der Waals surface area contributed by atoms with Crippen molar-refractivity contribution < 1.29 is 0 Å². The van der Waals surface area contributed by atoms with Gasteiger partial charge in [-0.15, -0.1) is 10.2 Å². The molecule has 1 aromatic heterocycles. The monoisotopic (exact) mass is 244 g/mol. The molecule has 0 aliphatic carbocycles. The van der Waals surface area contributed by atoms with Gasteiger partial charge in [0.15, 0.2) is 0 Å². The summed E-state index contributed by atoms with van der Waals surface area (Å²) in [5, 5.41) is 11.4. The van der Waals surface area contributed by atoms with E-state index in [1.807, 2.05) is 0 Å².